The molecular formula is C11H23N3O2. The van der Waals surface area contributed by atoms with Gasteiger partial charge in [0.25, 0.3) is 0 Å². The van der Waals surface area contributed by atoms with Gasteiger partial charge < -0.3 is 16.4 Å². The Morgan fingerprint density at radius 3 is 2.25 bits per heavy atom. The molecule has 0 fully saturated rings. The number of amides is 2. The Bertz CT molecular complexity index is 241. The van der Waals surface area contributed by atoms with Crippen LogP contribution in [0.25, 0.3) is 0 Å². The molecule has 0 saturated heterocycles. The highest BCUT2D eigenvalue weighted by Gasteiger charge is 2.20. The highest BCUT2D eigenvalue weighted by Crippen LogP contribution is 2.06. The van der Waals surface area contributed by atoms with Crippen molar-refractivity contribution in [3.8, 4) is 0 Å². The standard InChI is InChI=1S/C11H23N3O2/c1-4-5-9(12)6-11(16)14(8(2)3)7-10(13)15/h8-9H,4-7,12H2,1-3H3,(H2,13,15). The van der Waals surface area contributed by atoms with Crippen LogP contribution < -0.4 is 11.5 Å². The maximum absolute atomic E-state index is 11.8. The lowest BCUT2D eigenvalue weighted by Crippen LogP contribution is -2.44. The van der Waals surface area contributed by atoms with Crippen molar-refractivity contribution in [3.63, 3.8) is 0 Å². The van der Waals surface area contributed by atoms with E-state index < -0.39 is 5.91 Å². The Balaban J connectivity index is 4.32. The zero-order valence-corrected chi connectivity index (χ0v) is 10.4. The van der Waals surface area contributed by atoms with Crippen molar-refractivity contribution in [1.82, 2.24) is 4.90 Å². The quantitative estimate of drug-likeness (QED) is 0.654. The van der Waals surface area contributed by atoms with Crippen LogP contribution in [0.4, 0.5) is 0 Å². The van der Waals surface area contributed by atoms with E-state index in [4.69, 9.17) is 11.5 Å². The van der Waals surface area contributed by atoms with Gasteiger partial charge in [-0.25, -0.2) is 0 Å². The summed E-state index contributed by atoms with van der Waals surface area (Å²) in [5, 5.41) is 0. The van der Waals surface area contributed by atoms with Crippen LogP contribution in [0.15, 0.2) is 0 Å². The van der Waals surface area contributed by atoms with E-state index in [2.05, 4.69) is 0 Å². The molecule has 0 heterocycles. The number of carbonyl (C=O) groups is 2. The van der Waals surface area contributed by atoms with E-state index in [-0.39, 0.29) is 31.0 Å². The van der Waals surface area contributed by atoms with Crippen molar-refractivity contribution in [2.45, 2.75) is 52.1 Å². The molecule has 1 unspecified atom stereocenters. The lowest BCUT2D eigenvalue weighted by atomic mass is 10.1. The van der Waals surface area contributed by atoms with E-state index >= 15 is 0 Å². The summed E-state index contributed by atoms with van der Waals surface area (Å²) in [7, 11) is 0. The van der Waals surface area contributed by atoms with Gasteiger partial charge in [-0.3, -0.25) is 9.59 Å². The molecule has 2 amide bonds. The van der Waals surface area contributed by atoms with Crippen LogP contribution in [0.3, 0.4) is 0 Å². The molecule has 0 radical (unpaired) electrons. The Kier molecular flexibility index (Phi) is 6.72. The molecule has 0 rings (SSSR count). The second-order valence-corrected chi connectivity index (χ2v) is 4.33. The summed E-state index contributed by atoms with van der Waals surface area (Å²) in [6.07, 6.45) is 2.04. The van der Waals surface area contributed by atoms with Gasteiger partial charge in [-0.15, -0.1) is 0 Å². The largest absolute Gasteiger partial charge is 0.368 e. The molecule has 0 aromatic rings. The number of nitrogens with two attached hydrogens (primary N) is 2. The fourth-order valence-electron chi connectivity index (χ4n) is 1.54. The zero-order chi connectivity index (χ0) is 12.7. The molecule has 16 heavy (non-hydrogen) atoms. The van der Waals surface area contributed by atoms with E-state index in [1.54, 1.807) is 0 Å². The average molecular weight is 229 g/mol. The predicted octanol–water partition coefficient (Wildman–Crippen LogP) is 0.226. The SMILES string of the molecule is CCCC(N)CC(=O)N(CC(N)=O)C(C)C. The van der Waals surface area contributed by atoms with E-state index in [1.807, 2.05) is 20.8 Å². The van der Waals surface area contributed by atoms with Gasteiger partial charge >= 0.3 is 0 Å². The van der Waals surface area contributed by atoms with E-state index in [1.165, 1.54) is 4.90 Å². The molecule has 0 aromatic heterocycles. The molecule has 0 aliphatic carbocycles. The van der Waals surface area contributed by atoms with E-state index in [9.17, 15) is 9.59 Å². The minimum atomic E-state index is -0.494. The molecular weight excluding hydrogens is 206 g/mol. The maximum atomic E-state index is 11.8. The Hall–Kier alpha value is -1.10. The number of hydrogen-bond donors (Lipinski definition) is 2. The number of primary amides is 1. The highest BCUT2D eigenvalue weighted by molar-refractivity contribution is 5.84. The zero-order valence-electron chi connectivity index (χ0n) is 10.4. The van der Waals surface area contributed by atoms with Crippen molar-refractivity contribution >= 4 is 11.8 Å². The molecule has 5 heteroatoms. The summed E-state index contributed by atoms with van der Waals surface area (Å²) in [4.78, 5) is 24.1. The molecule has 4 N–H and O–H groups in total. The smallest absolute Gasteiger partial charge is 0.237 e. The van der Waals surface area contributed by atoms with Crippen molar-refractivity contribution in [3.05, 3.63) is 0 Å². The van der Waals surface area contributed by atoms with Gasteiger partial charge in [0.2, 0.25) is 11.8 Å². The van der Waals surface area contributed by atoms with E-state index in [0.29, 0.717) is 0 Å². The van der Waals surface area contributed by atoms with Crippen LogP contribution in [0.5, 0.6) is 0 Å². The first-order valence-corrected chi connectivity index (χ1v) is 5.71. The number of nitrogens with zero attached hydrogens (tertiary/aromatic N) is 1. The third kappa shape index (κ3) is 5.70. The second-order valence-electron chi connectivity index (χ2n) is 4.33. The number of rotatable bonds is 7. The summed E-state index contributed by atoms with van der Waals surface area (Å²) >= 11 is 0. The Morgan fingerprint density at radius 2 is 1.88 bits per heavy atom. The number of carbonyl (C=O) groups excluding carboxylic acids is 2. The third-order valence-electron chi connectivity index (χ3n) is 2.37. The van der Waals surface area contributed by atoms with Crippen LogP contribution in [-0.4, -0.2) is 35.3 Å². The topological polar surface area (TPSA) is 89.4 Å². The molecule has 0 aromatic carbocycles. The fourth-order valence-corrected chi connectivity index (χ4v) is 1.54. The average Bonchev–Trinajstić information content (AvgIpc) is 2.13. The Morgan fingerprint density at radius 1 is 1.31 bits per heavy atom. The molecule has 5 nitrogen and oxygen atoms in total. The summed E-state index contributed by atoms with van der Waals surface area (Å²) < 4.78 is 0. The minimum Gasteiger partial charge on any atom is -0.368 e. The molecule has 94 valence electrons. The predicted molar refractivity (Wildman–Crippen MR) is 63.5 cm³/mol. The molecule has 0 aliphatic rings. The lowest BCUT2D eigenvalue weighted by Gasteiger charge is -2.26. The molecule has 0 aliphatic heterocycles. The number of hydrogen-bond acceptors (Lipinski definition) is 3. The van der Waals surface area contributed by atoms with E-state index in [0.717, 1.165) is 12.8 Å². The second kappa shape index (κ2) is 7.22. The molecule has 0 spiro atoms. The normalized spacial score (nSPS) is 12.6. The Labute approximate surface area is 97.2 Å². The van der Waals surface area contributed by atoms with Crippen molar-refractivity contribution in [2.24, 2.45) is 11.5 Å². The third-order valence-corrected chi connectivity index (χ3v) is 2.37. The summed E-state index contributed by atoms with van der Waals surface area (Å²) in [6, 6.07) is -0.166. The van der Waals surface area contributed by atoms with Gasteiger partial charge in [0.1, 0.15) is 0 Å². The molecule has 0 bridgehead atoms. The monoisotopic (exact) mass is 229 g/mol. The van der Waals surface area contributed by atoms with Gasteiger partial charge in [0, 0.05) is 18.5 Å². The van der Waals surface area contributed by atoms with Gasteiger partial charge in [0.05, 0.1) is 6.54 Å². The van der Waals surface area contributed by atoms with Crippen LogP contribution >= 0.6 is 0 Å². The fraction of sp³-hybridized carbons (Fsp3) is 0.818. The summed E-state index contributed by atoms with van der Waals surface area (Å²) in [5.74, 6) is -0.596. The summed E-state index contributed by atoms with van der Waals surface area (Å²) in [5.41, 5.74) is 10.9. The van der Waals surface area contributed by atoms with Crippen molar-refractivity contribution < 1.29 is 9.59 Å². The first-order valence-electron chi connectivity index (χ1n) is 5.71. The first kappa shape index (κ1) is 14.9. The highest BCUT2D eigenvalue weighted by atomic mass is 16.2. The molecule has 0 saturated carbocycles. The van der Waals surface area contributed by atoms with Crippen molar-refractivity contribution in [2.75, 3.05) is 6.54 Å². The van der Waals surface area contributed by atoms with Crippen LogP contribution in [0.1, 0.15) is 40.0 Å². The maximum Gasteiger partial charge on any atom is 0.237 e. The van der Waals surface area contributed by atoms with Crippen LogP contribution in [0.2, 0.25) is 0 Å². The van der Waals surface area contributed by atoms with Crippen LogP contribution in [0, 0.1) is 0 Å². The van der Waals surface area contributed by atoms with Crippen LogP contribution in [-0.2, 0) is 9.59 Å². The van der Waals surface area contributed by atoms with Gasteiger partial charge in [-0.1, -0.05) is 13.3 Å². The summed E-state index contributed by atoms with van der Waals surface area (Å²) in [6.45, 7) is 5.70. The van der Waals surface area contributed by atoms with Crippen molar-refractivity contribution in [1.29, 1.82) is 0 Å². The van der Waals surface area contributed by atoms with Gasteiger partial charge in [0.15, 0.2) is 0 Å². The van der Waals surface area contributed by atoms with Gasteiger partial charge in [-0.2, -0.15) is 0 Å². The molecule has 1 atom stereocenters. The minimum absolute atomic E-state index is 0.0324. The van der Waals surface area contributed by atoms with Gasteiger partial charge in [-0.05, 0) is 20.3 Å². The lowest BCUT2D eigenvalue weighted by molar-refractivity contribution is -0.137. The first-order chi connectivity index (χ1) is 7.38.